The Balaban J connectivity index is 1.53. The molecule has 3 aliphatic rings. The third kappa shape index (κ3) is 2.16. The van der Waals surface area contributed by atoms with Gasteiger partial charge in [0.1, 0.15) is 0 Å². The molecule has 2 aliphatic heterocycles. The van der Waals surface area contributed by atoms with Crippen LogP contribution in [0.15, 0.2) is 18.2 Å². The summed E-state index contributed by atoms with van der Waals surface area (Å²) in [5.41, 5.74) is 2.80. The molecule has 112 valence electrons. The second kappa shape index (κ2) is 4.91. The van der Waals surface area contributed by atoms with Crippen LogP contribution in [0.4, 0.5) is 11.4 Å². The van der Waals surface area contributed by atoms with Crippen LogP contribution in [0.1, 0.15) is 23.2 Å². The maximum absolute atomic E-state index is 12.7. The summed E-state index contributed by atoms with van der Waals surface area (Å²) in [6, 6.07) is 5.81. The standard InChI is InChI=1S/C16H21N3O2/c20-15-4-2-11-8-19(9-12(11)15)16(21)10-1-3-13-14(7-10)18-6-5-17-13/h1,3,7,11-12,15,17-18,20H,2,4-6,8-9H2. The minimum Gasteiger partial charge on any atom is -0.393 e. The molecule has 0 aromatic heterocycles. The van der Waals surface area contributed by atoms with Crippen molar-refractivity contribution in [2.24, 2.45) is 11.8 Å². The highest BCUT2D eigenvalue weighted by atomic mass is 16.3. The summed E-state index contributed by atoms with van der Waals surface area (Å²) >= 11 is 0. The van der Waals surface area contributed by atoms with Crippen LogP contribution in [0.5, 0.6) is 0 Å². The molecular formula is C16H21N3O2. The predicted octanol–water partition coefficient (Wildman–Crippen LogP) is 1.37. The summed E-state index contributed by atoms with van der Waals surface area (Å²) in [5.74, 6) is 0.861. The number of aliphatic hydroxyl groups is 1. The molecule has 1 aromatic carbocycles. The molecule has 2 fully saturated rings. The predicted molar refractivity (Wildman–Crippen MR) is 81.5 cm³/mol. The first-order valence-electron chi connectivity index (χ1n) is 7.81. The molecule has 1 saturated heterocycles. The molecule has 21 heavy (non-hydrogen) atoms. The second-order valence-corrected chi connectivity index (χ2v) is 6.39. The summed E-state index contributed by atoms with van der Waals surface area (Å²) < 4.78 is 0. The van der Waals surface area contributed by atoms with E-state index < -0.39 is 0 Å². The van der Waals surface area contributed by atoms with E-state index in [0.29, 0.717) is 12.5 Å². The van der Waals surface area contributed by atoms with E-state index in [1.807, 2.05) is 23.1 Å². The lowest BCUT2D eigenvalue weighted by Gasteiger charge is -2.22. The molecule has 1 saturated carbocycles. The van der Waals surface area contributed by atoms with Crippen LogP contribution in [0, 0.1) is 11.8 Å². The van der Waals surface area contributed by atoms with Crippen molar-refractivity contribution in [2.45, 2.75) is 18.9 Å². The number of anilines is 2. The number of likely N-dealkylation sites (tertiary alicyclic amines) is 1. The van der Waals surface area contributed by atoms with Gasteiger partial charge in [-0.2, -0.15) is 0 Å². The first-order chi connectivity index (χ1) is 10.2. The van der Waals surface area contributed by atoms with E-state index in [2.05, 4.69) is 10.6 Å². The summed E-state index contributed by atoms with van der Waals surface area (Å²) in [7, 11) is 0. The summed E-state index contributed by atoms with van der Waals surface area (Å²) in [4.78, 5) is 14.6. The molecule has 0 spiro atoms. The molecular weight excluding hydrogens is 266 g/mol. The van der Waals surface area contributed by atoms with Crippen molar-refractivity contribution in [2.75, 3.05) is 36.8 Å². The third-order valence-electron chi connectivity index (χ3n) is 5.13. The van der Waals surface area contributed by atoms with E-state index in [1.165, 1.54) is 0 Å². The highest BCUT2D eigenvalue weighted by molar-refractivity contribution is 5.96. The number of hydrogen-bond donors (Lipinski definition) is 3. The van der Waals surface area contributed by atoms with Crippen molar-refractivity contribution in [1.29, 1.82) is 0 Å². The molecule has 3 unspecified atom stereocenters. The smallest absolute Gasteiger partial charge is 0.253 e. The lowest BCUT2D eigenvalue weighted by atomic mass is 10.00. The quantitative estimate of drug-likeness (QED) is 0.730. The zero-order valence-electron chi connectivity index (χ0n) is 12.0. The Morgan fingerprint density at radius 2 is 1.95 bits per heavy atom. The van der Waals surface area contributed by atoms with Gasteiger partial charge in [-0.25, -0.2) is 0 Å². The molecule has 2 heterocycles. The minimum absolute atomic E-state index is 0.0896. The van der Waals surface area contributed by atoms with Gasteiger partial charge in [0.05, 0.1) is 17.5 Å². The van der Waals surface area contributed by atoms with Crippen LogP contribution in [-0.4, -0.2) is 48.2 Å². The molecule has 3 N–H and O–H groups in total. The van der Waals surface area contributed by atoms with Gasteiger partial charge in [-0.05, 0) is 37.0 Å². The Hall–Kier alpha value is -1.75. The van der Waals surface area contributed by atoms with E-state index >= 15 is 0 Å². The second-order valence-electron chi connectivity index (χ2n) is 6.39. The summed E-state index contributed by atoms with van der Waals surface area (Å²) in [5, 5.41) is 16.6. The molecule has 0 radical (unpaired) electrons. The van der Waals surface area contributed by atoms with Crippen LogP contribution >= 0.6 is 0 Å². The Morgan fingerprint density at radius 1 is 1.14 bits per heavy atom. The van der Waals surface area contributed by atoms with Gasteiger partial charge in [0.2, 0.25) is 0 Å². The summed E-state index contributed by atoms with van der Waals surface area (Å²) in [6.07, 6.45) is 1.72. The van der Waals surface area contributed by atoms with Crippen molar-refractivity contribution in [3.05, 3.63) is 23.8 Å². The van der Waals surface area contributed by atoms with Crippen LogP contribution < -0.4 is 10.6 Å². The largest absolute Gasteiger partial charge is 0.393 e. The average Bonchev–Trinajstić information content (AvgIpc) is 3.08. The lowest BCUT2D eigenvalue weighted by Crippen LogP contribution is -2.31. The van der Waals surface area contributed by atoms with Gasteiger partial charge < -0.3 is 20.6 Å². The first-order valence-corrected chi connectivity index (χ1v) is 7.81. The number of carbonyl (C=O) groups is 1. The summed E-state index contributed by atoms with van der Waals surface area (Å²) in [6.45, 7) is 3.29. The van der Waals surface area contributed by atoms with E-state index in [0.717, 1.165) is 49.4 Å². The van der Waals surface area contributed by atoms with Crippen LogP contribution in [0.3, 0.4) is 0 Å². The van der Waals surface area contributed by atoms with Gasteiger partial charge in [0.15, 0.2) is 0 Å². The molecule has 3 atom stereocenters. The van der Waals surface area contributed by atoms with Gasteiger partial charge in [-0.1, -0.05) is 0 Å². The van der Waals surface area contributed by atoms with E-state index in [1.54, 1.807) is 0 Å². The number of carbonyl (C=O) groups excluding carboxylic acids is 1. The van der Waals surface area contributed by atoms with Crippen LogP contribution in [-0.2, 0) is 0 Å². The van der Waals surface area contributed by atoms with E-state index in [9.17, 15) is 9.90 Å². The fourth-order valence-electron chi connectivity index (χ4n) is 3.96. The highest BCUT2D eigenvalue weighted by Gasteiger charge is 2.43. The fraction of sp³-hybridized carbons (Fsp3) is 0.562. The van der Waals surface area contributed by atoms with Crippen LogP contribution in [0.2, 0.25) is 0 Å². The fourth-order valence-corrected chi connectivity index (χ4v) is 3.96. The molecule has 1 amide bonds. The molecule has 5 nitrogen and oxygen atoms in total. The molecule has 1 aliphatic carbocycles. The lowest BCUT2D eigenvalue weighted by molar-refractivity contribution is 0.0752. The van der Waals surface area contributed by atoms with Gasteiger partial charge >= 0.3 is 0 Å². The number of amides is 1. The number of benzene rings is 1. The molecule has 5 heteroatoms. The molecule has 1 aromatic rings. The molecule has 0 bridgehead atoms. The Morgan fingerprint density at radius 3 is 2.76 bits per heavy atom. The van der Waals surface area contributed by atoms with Crippen LogP contribution in [0.25, 0.3) is 0 Å². The zero-order chi connectivity index (χ0) is 14.4. The number of fused-ring (bicyclic) bond motifs is 2. The minimum atomic E-state index is -0.220. The topological polar surface area (TPSA) is 64.6 Å². The van der Waals surface area contributed by atoms with Crippen molar-refractivity contribution < 1.29 is 9.90 Å². The average molecular weight is 287 g/mol. The van der Waals surface area contributed by atoms with E-state index in [-0.39, 0.29) is 17.9 Å². The Bertz CT molecular complexity index is 575. The van der Waals surface area contributed by atoms with Gasteiger partial charge in [-0.15, -0.1) is 0 Å². The normalized spacial score (nSPS) is 30.3. The highest BCUT2D eigenvalue weighted by Crippen LogP contribution is 2.38. The van der Waals surface area contributed by atoms with Gasteiger partial charge in [0.25, 0.3) is 5.91 Å². The monoisotopic (exact) mass is 287 g/mol. The zero-order valence-corrected chi connectivity index (χ0v) is 12.0. The third-order valence-corrected chi connectivity index (χ3v) is 5.13. The van der Waals surface area contributed by atoms with E-state index in [4.69, 9.17) is 0 Å². The maximum atomic E-state index is 12.7. The van der Waals surface area contributed by atoms with Gasteiger partial charge in [0, 0.05) is 37.7 Å². The number of hydrogen-bond acceptors (Lipinski definition) is 4. The van der Waals surface area contributed by atoms with Crippen molar-refractivity contribution in [1.82, 2.24) is 4.90 Å². The molecule has 4 rings (SSSR count). The maximum Gasteiger partial charge on any atom is 0.253 e. The Labute approximate surface area is 124 Å². The Kier molecular flexibility index (Phi) is 3.03. The number of aliphatic hydroxyl groups excluding tert-OH is 1. The van der Waals surface area contributed by atoms with Crippen molar-refractivity contribution in [3.8, 4) is 0 Å². The number of nitrogens with zero attached hydrogens (tertiary/aromatic N) is 1. The number of rotatable bonds is 1. The number of nitrogens with one attached hydrogen (secondary N) is 2. The SMILES string of the molecule is O=C(c1ccc2c(c1)NCCN2)N1CC2CCC(O)C2C1. The van der Waals surface area contributed by atoms with Crippen molar-refractivity contribution in [3.63, 3.8) is 0 Å². The van der Waals surface area contributed by atoms with Crippen molar-refractivity contribution >= 4 is 17.3 Å². The first kappa shape index (κ1) is 13.0. The van der Waals surface area contributed by atoms with Gasteiger partial charge in [-0.3, -0.25) is 4.79 Å².